The molecule has 1 atom stereocenters. The number of nitrogens with zero attached hydrogens (tertiary/aromatic N) is 3. The number of hydrogen-bond acceptors (Lipinski definition) is 5. The van der Waals surface area contributed by atoms with Crippen LogP contribution in [0.25, 0.3) is 11.2 Å². The van der Waals surface area contributed by atoms with Crippen LogP contribution >= 0.6 is 23.5 Å². The van der Waals surface area contributed by atoms with Crippen LogP contribution in [-0.2, 0) is 4.79 Å². The predicted octanol–water partition coefficient (Wildman–Crippen LogP) is 3.23. The first-order valence-corrected chi connectivity index (χ1v) is 8.94. The first kappa shape index (κ1) is 16.2. The summed E-state index contributed by atoms with van der Waals surface area (Å²) in [7, 11) is 0. The molecule has 0 fully saturated rings. The van der Waals surface area contributed by atoms with Gasteiger partial charge >= 0.3 is 5.97 Å². The molecule has 0 saturated heterocycles. The van der Waals surface area contributed by atoms with Gasteiger partial charge in [-0.1, -0.05) is 18.7 Å². The molecule has 0 radical (unpaired) electrons. The van der Waals surface area contributed by atoms with Gasteiger partial charge in [0.2, 0.25) is 0 Å². The molecule has 0 aliphatic heterocycles. The van der Waals surface area contributed by atoms with Gasteiger partial charge in [0.1, 0.15) is 5.52 Å². The number of fused-ring (bicyclic) bond motifs is 1. The van der Waals surface area contributed by atoms with Crippen molar-refractivity contribution >= 4 is 40.7 Å². The standard InChI is InChI=1S/C14H19N3O2S2/c1-4-20-7-10(3)17-13-11(6-5-9(2)15-13)16-14(17)21-8-12(18)19/h5-6,10H,4,7-8H2,1-3H3,(H,18,19). The Hall–Kier alpha value is -1.21. The van der Waals surface area contributed by atoms with Crippen LogP contribution in [0.1, 0.15) is 25.6 Å². The smallest absolute Gasteiger partial charge is 0.313 e. The Labute approximate surface area is 132 Å². The van der Waals surface area contributed by atoms with Gasteiger partial charge < -0.3 is 5.11 Å². The summed E-state index contributed by atoms with van der Waals surface area (Å²) in [6.45, 7) is 6.21. The second kappa shape index (κ2) is 7.17. The molecule has 2 heterocycles. The Morgan fingerprint density at radius 2 is 2.19 bits per heavy atom. The van der Waals surface area contributed by atoms with E-state index in [2.05, 4.69) is 28.4 Å². The largest absolute Gasteiger partial charge is 0.481 e. The van der Waals surface area contributed by atoms with E-state index in [1.807, 2.05) is 30.8 Å². The lowest BCUT2D eigenvalue weighted by atomic mass is 10.3. The third-order valence-electron chi connectivity index (χ3n) is 2.97. The minimum Gasteiger partial charge on any atom is -0.481 e. The topological polar surface area (TPSA) is 68.0 Å². The first-order chi connectivity index (χ1) is 10.0. The highest BCUT2D eigenvalue weighted by Crippen LogP contribution is 2.28. The zero-order chi connectivity index (χ0) is 15.4. The molecule has 0 aliphatic rings. The van der Waals surface area contributed by atoms with Crippen LogP contribution in [-0.4, -0.2) is 42.9 Å². The fraction of sp³-hybridized carbons (Fsp3) is 0.500. The molecule has 1 unspecified atom stereocenters. The molecule has 2 rings (SSSR count). The highest BCUT2D eigenvalue weighted by Gasteiger charge is 2.18. The van der Waals surface area contributed by atoms with Gasteiger partial charge in [-0.3, -0.25) is 9.36 Å². The molecule has 1 N–H and O–H groups in total. The second-order valence-corrected chi connectivity index (χ2v) is 7.01. The summed E-state index contributed by atoms with van der Waals surface area (Å²) in [5.41, 5.74) is 2.60. The molecule has 7 heteroatoms. The number of hydrogen-bond donors (Lipinski definition) is 1. The summed E-state index contributed by atoms with van der Waals surface area (Å²) in [4.78, 5) is 19.9. The van der Waals surface area contributed by atoms with Crippen LogP contribution in [0.3, 0.4) is 0 Å². The number of aryl methyl sites for hydroxylation is 1. The van der Waals surface area contributed by atoms with Crippen molar-refractivity contribution in [2.24, 2.45) is 0 Å². The molecule has 0 spiro atoms. The van der Waals surface area contributed by atoms with Crippen molar-refractivity contribution in [3.8, 4) is 0 Å². The van der Waals surface area contributed by atoms with Gasteiger partial charge in [-0.2, -0.15) is 11.8 Å². The third kappa shape index (κ3) is 3.91. The number of carboxylic acids is 1. The maximum absolute atomic E-state index is 10.8. The van der Waals surface area contributed by atoms with Gasteiger partial charge in [0.25, 0.3) is 0 Å². The lowest BCUT2D eigenvalue weighted by Gasteiger charge is -2.16. The lowest BCUT2D eigenvalue weighted by Crippen LogP contribution is -2.11. The van der Waals surface area contributed by atoms with E-state index in [1.165, 1.54) is 11.8 Å². The molecule has 0 aromatic carbocycles. The van der Waals surface area contributed by atoms with Crippen molar-refractivity contribution in [2.75, 3.05) is 17.3 Å². The SMILES string of the molecule is CCSCC(C)n1c(SCC(=O)O)nc2ccc(C)nc21. The van der Waals surface area contributed by atoms with Crippen LogP contribution in [0, 0.1) is 6.92 Å². The van der Waals surface area contributed by atoms with Crippen LogP contribution in [0.15, 0.2) is 17.3 Å². The second-order valence-electron chi connectivity index (χ2n) is 4.75. The number of thioether (sulfide) groups is 2. The number of aromatic nitrogens is 3. The van der Waals surface area contributed by atoms with Crippen LogP contribution in [0.4, 0.5) is 0 Å². The van der Waals surface area contributed by atoms with Crippen molar-refractivity contribution in [1.29, 1.82) is 0 Å². The van der Waals surface area contributed by atoms with Crippen molar-refractivity contribution in [2.45, 2.75) is 32.0 Å². The molecule has 5 nitrogen and oxygen atoms in total. The first-order valence-electron chi connectivity index (χ1n) is 6.80. The molecule has 114 valence electrons. The van der Waals surface area contributed by atoms with E-state index < -0.39 is 5.97 Å². The number of rotatable bonds is 7. The van der Waals surface area contributed by atoms with Gasteiger partial charge in [-0.05, 0) is 31.7 Å². The zero-order valence-corrected chi connectivity index (χ0v) is 14.0. The fourth-order valence-electron chi connectivity index (χ4n) is 2.04. The van der Waals surface area contributed by atoms with Crippen LogP contribution in [0.2, 0.25) is 0 Å². The van der Waals surface area contributed by atoms with E-state index in [9.17, 15) is 4.79 Å². The molecular formula is C14H19N3O2S2. The summed E-state index contributed by atoms with van der Waals surface area (Å²) >= 11 is 3.11. The van der Waals surface area contributed by atoms with Gasteiger partial charge in [-0.25, -0.2) is 9.97 Å². The van der Waals surface area contributed by atoms with Gasteiger partial charge in [-0.15, -0.1) is 0 Å². The predicted molar refractivity (Wildman–Crippen MR) is 88.3 cm³/mol. The van der Waals surface area contributed by atoms with Crippen molar-refractivity contribution in [3.05, 3.63) is 17.8 Å². The Morgan fingerprint density at radius 3 is 2.86 bits per heavy atom. The number of pyridine rings is 1. The quantitative estimate of drug-likeness (QED) is 0.788. The summed E-state index contributed by atoms with van der Waals surface area (Å²) < 4.78 is 2.07. The third-order valence-corrected chi connectivity index (χ3v) is 5.04. The summed E-state index contributed by atoms with van der Waals surface area (Å²) in [5.74, 6) is 1.19. The number of carbonyl (C=O) groups is 1. The minimum atomic E-state index is -0.835. The fourth-order valence-corrected chi connectivity index (χ4v) is 3.58. The lowest BCUT2D eigenvalue weighted by molar-refractivity contribution is -0.133. The molecule has 0 bridgehead atoms. The maximum Gasteiger partial charge on any atom is 0.313 e. The van der Waals surface area contributed by atoms with Crippen molar-refractivity contribution in [1.82, 2.24) is 14.5 Å². The number of aliphatic carboxylic acids is 1. The van der Waals surface area contributed by atoms with Crippen LogP contribution < -0.4 is 0 Å². The van der Waals surface area contributed by atoms with E-state index in [4.69, 9.17) is 5.11 Å². The normalized spacial score (nSPS) is 12.7. The summed E-state index contributed by atoms with van der Waals surface area (Å²) in [6, 6.07) is 4.10. The zero-order valence-electron chi connectivity index (χ0n) is 12.4. The van der Waals surface area contributed by atoms with Crippen molar-refractivity contribution in [3.63, 3.8) is 0 Å². The highest BCUT2D eigenvalue weighted by molar-refractivity contribution is 7.99. The van der Waals surface area contributed by atoms with E-state index in [0.29, 0.717) is 0 Å². The average molecular weight is 325 g/mol. The summed E-state index contributed by atoms with van der Waals surface area (Å²) in [5, 5.41) is 9.62. The molecule has 0 amide bonds. The Balaban J connectivity index is 2.42. The van der Waals surface area contributed by atoms with E-state index >= 15 is 0 Å². The highest BCUT2D eigenvalue weighted by atomic mass is 32.2. The molecular weight excluding hydrogens is 306 g/mol. The monoisotopic (exact) mass is 325 g/mol. The number of imidazole rings is 1. The average Bonchev–Trinajstić information content (AvgIpc) is 2.80. The molecule has 0 aliphatic carbocycles. The van der Waals surface area contributed by atoms with Gasteiger partial charge in [0.05, 0.1) is 5.75 Å². The van der Waals surface area contributed by atoms with Crippen LogP contribution in [0.5, 0.6) is 0 Å². The minimum absolute atomic E-state index is 0.00987. The van der Waals surface area contributed by atoms with E-state index in [0.717, 1.165) is 33.5 Å². The number of carboxylic acid groups (broad SMARTS) is 1. The molecule has 2 aromatic heterocycles. The molecule has 2 aromatic rings. The Kier molecular flexibility index (Phi) is 5.52. The molecule has 0 saturated carbocycles. The maximum atomic E-state index is 10.8. The van der Waals surface area contributed by atoms with E-state index in [-0.39, 0.29) is 11.8 Å². The summed E-state index contributed by atoms with van der Waals surface area (Å²) in [6.07, 6.45) is 0. The van der Waals surface area contributed by atoms with Gasteiger partial charge in [0, 0.05) is 17.5 Å². The van der Waals surface area contributed by atoms with Gasteiger partial charge in [0.15, 0.2) is 10.8 Å². The molecule has 21 heavy (non-hydrogen) atoms. The Morgan fingerprint density at radius 1 is 1.43 bits per heavy atom. The van der Waals surface area contributed by atoms with Crippen molar-refractivity contribution < 1.29 is 9.90 Å². The Bertz CT molecular complexity index is 642. The van der Waals surface area contributed by atoms with E-state index in [1.54, 1.807) is 0 Å².